The number of hydrogen-bond donors (Lipinski definition) is 0. The lowest BCUT2D eigenvalue weighted by Gasteiger charge is -2.14. The molecule has 1 heterocycles. The molecule has 0 radical (unpaired) electrons. The standard InChI is InChI=1S/C14H6ClF5N2O/c1-3-5(7(15)4(2)14-13(3)21-23-22-14)6-8(16)10(18)12(20)11(19)9(6)17/h1-2H3. The van der Waals surface area contributed by atoms with Crippen molar-refractivity contribution < 1.29 is 26.6 Å². The first kappa shape index (κ1) is 15.7. The summed E-state index contributed by atoms with van der Waals surface area (Å²) >= 11 is 6.08. The van der Waals surface area contributed by atoms with Crippen LogP contribution in [0.1, 0.15) is 11.1 Å². The Bertz CT molecular complexity index is 941. The van der Waals surface area contributed by atoms with Crippen LogP contribution in [0.5, 0.6) is 0 Å². The van der Waals surface area contributed by atoms with Crippen molar-refractivity contribution in [3.8, 4) is 11.1 Å². The van der Waals surface area contributed by atoms with Crippen molar-refractivity contribution >= 4 is 22.6 Å². The molecule has 23 heavy (non-hydrogen) atoms. The number of aromatic nitrogens is 2. The van der Waals surface area contributed by atoms with E-state index in [0.717, 1.165) is 0 Å². The Morgan fingerprint density at radius 3 is 1.65 bits per heavy atom. The van der Waals surface area contributed by atoms with Gasteiger partial charge in [0.15, 0.2) is 23.3 Å². The normalized spacial score (nSPS) is 11.5. The molecule has 0 spiro atoms. The van der Waals surface area contributed by atoms with Crippen LogP contribution < -0.4 is 0 Å². The van der Waals surface area contributed by atoms with Gasteiger partial charge in [-0.2, -0.15) is 0 Å². The summed E-state index contributed by atoms with van der Waals surface area (Å²) in [5, 5.41) is 6.98. The molecule has 0 fully saturated rings. The van der Waals surface area contributed by atoms with E-state index in [1.165, 1.54) is 13.8 Å². The van der Waals surface area contributed by atoms with Crippen molar-refractivity contribution in [2.75, 3.05) is 0 Å². The van der Waals surface area contributed by atoms with Crippen molar-refractivity contribution in [3.05, 3.63) is 45.2 Å². The lowest BCUT2D eigenvalue weighted by atomic mass is 9.95. The molecule has 0 aliphatic rings. The van der Waals surface area contributed by atoms with Gasteiger partial charge in [-0.05, 0) is 35.3 Å². The summed E-state index contributed by atoms with van der Waals surface area (Å²) in [5.74, 6) is -10.3. The Balaban J connectivity index is 2.53. The summed E-state index contributed by atoms with van der Waals surface area (Å²) in [5.41, 5.74) is -0.782. The van der Waals surface area contributed by atoms with Crippen LogP contribution in [0.15, 0.2) is 4.63 Å². The van der Waals surface area contributed by atoms with E-state index in [1.807, 2.05) is 0 Å². The van der Waals surface area contributed by atoms with Crippen LogP contribution in [0.3, 0.4) is 0 Å². The predicted molar refractivity (Wildman–Crippen MR) is 71.5 cm³/mol. The van der Waals surface area contributed by atoms with Crippen LogP contribution >= 0.6 is 11.6 Å². The van der Waals surface area contributed by atoms with E-state index in [9.17, 15) is 22.0 Å². The number of benzene rings is 2. The smallest absolute Gasteiger partial charge is 0.200 e. The zero-order valence-electron chi connectivity index (χ0n) is 11.6. The summed E-state index contributed by atoms with van der Waals surface area (Å²) in [4.78, 5) is 0. The van der Waals surface area contributed by atoms with Gasteiger partial charge in [0.25, 0.3) is 0 Å². The third kappa shape index (κ3) is 2.01. The van der Waals surface area contributed by atoms with E-state index in [4.69, 9.17) is 11.6 Å². The highest BCUT2D eigenvalue weighted by atomic mass is 35.5. The van der Waals surface area contributed by atoms with Crippen molar-refractivity contribution in [2.24, 2.45) is 0 Å². The van der Waals surface area contributed by atoms with Gasteiger partial charge in [0, 0.05) is 5.56 Å². The van der Waals surface area contributed by atoms with E-state index in [1.54, 1.807) is 0 Å². The zero-order valence-corrected chi connectivity index (χ0v) is 12.3. The van der Waals surface area contributed by atoms with Crippen LogP contribution in [0.2, 0.25) is 5.02 Å². The molecular formula is C14H6ClF5N2O. The van der Waals surface area contributed by atoms with E-state index in [-0.39, 0.29) is 32.7 Å². The predicted octanol–water partition coefficient (Wildman–Crippen LogP) is 4.86. The minimum Gasteiger partial charge on any atom is -0.243 e. The second-order valence-electron chi connectivity index (χ2n) is 4.85. The molecule has 0 aliphatic carbocycles. The molecule has 120 valence electrons. The summed E-state index contributed by atoms with van der Waals surface area (Å²) in [6.45, 7) is 2.83. The molecule has 0 bridgehead atoms. The van der Waals surface area contributed by atoms with Crippen molar-refractivity contribution in [1.82, 2.24) is 10.3 Å². The average Bonchev–Trinajstić information content (AvgIpc) is 3.02. The number of fused-ring (bicyclic) bond motifs is 1. The van der Waals surface area contributed by atoms with Crippen LogP contribution in [0, 0.1) is 42.9 Å². The second kappa shape index (κ2) is 5.16. The lowest BCUT2D eigenvalue weighted by Crippen LogP contribution is -2.06. The lowest BCUT2D eigenvalue weighted by molar-refractivity contribution is 0.315. The molecule has 0 N–H and O–H groups in total. The molecule has 3 aromatic rings. The van der Waals surface area contributed by atoms with Crippen molar-refractivity contribution in [3.63, 3.8) is 0 Å². The highest BCUT2D eigenvalue weighted by molar-refractivity contribution is 6.35. The monoisotopic (exact) mass is 348 g/mol. The maximum atomic E-state index is 14.1. The van der Waals surface area contributed by atoms with Gasteiger partial charge in [0.1, 0.15) is 11.0 Å². The van der Waals surface area contributed by atoms with Crippen molar-refractivity contribution in [2.45, 2.75) is 13.8 Å². The first-order chi connectivity index (χ1) is 10.8. The molecule has 1 aromatic heterocycles. The first-order valence-corrected chi connectivity index (χ1v) is 6.57. The topological polar surface area (TPSA) is 38.9 Å². The van der Waals surface area contributed by atoms with Crippen LogP contribution in [-0.4, -0.2) is 10.3 Å². The van der Waals surface area contributed by atoms with Gasteiger partial charge in [-0.3, -0.25) is 0 Å². The van der Waals surface area contributed by atoms with Gasteiger partial charge in [-0.1, -0.05) is 11.6 Å². The zero-order chi connectivity index (χ0) is 17.0. The van der Waals surface area contributed by atoms with E-state index < -0.39 is 34.6 Å². The average molecular weight is 349 g/mol. The second-order valence-corrected chi connectivity index (χ2v) is 5.22. The first-order valence-electron chi connectivity index (χ1n) is 6.20. The Hall–Kier alpha value is -2.22. The molecule has 3 nitrogen and oxygen atoms in total. The van der Waals surface area contributed by atoms with Crippen LogP contribution in [0.25, 0.3) is 22.2 Å². The van der Waals surface area contributed by atoms with Crippen molar-refractivity contribution in [1.29, 1.82) is 0 Å². The highest BCUT2D eigenvalue weighted by Crippen LogP contribution is 2.42. The molecule has 0 saturated heterocycles. The van der Waals surface area contributed by atoms with Gasteiger partial charge >= 0.3 is 0 Å². The Kier molecular flexibility index (Phi) is 3.51. The minimum absolute atomic E-state index is 0.0834. The van der Waals surface area contributed by atoms with Gasteiger partial charge < -0.3 is 0 Å². The molecular weight excluding hydrogens is 343 g/mol. The summed E-state index contributed by atoms with van der Waals surface area (Å²) in [6, 6.07) is 0. The van der Waals surface area contributed by atoms with E-state index >= 15 is 0 Å². The Labute approximate surface area is 130 Å². The molecule has 0 atom stereocenters. The quantitative estimate of drug-likeness (QED) is 0.358. The SMILES string of the molecule is Cc1c(Cl)c(-c2c(F)c(F)c(F)c(F)c2F)c(C)c2nonc12. The van der Waals surface area contributed by atoms with E-state index in [2.05, 4.69) is 14.9 Å². The minimum atomic E-state index is -2.24. The third-order valence-corrected chi connectivity index (χ3v) is 4.05. The number of nitrogens with zero attached hydrogens (tertiary/aromatic N) is 2. The van der Waals surface area contributed by atoms with Crippen LogP contribution in [0.4, 0.5) is 22.0 Å². The van der Waals surface area contributed by atoms with Gasteiger partial charge in [-0.25, -0.2) is 26.6 Å². The van der Waals surface area contributed by atoms with Gasteiger partial charge in [0.05, 0.1) is 10.6 Å². The fourth-order valence-corrected chi connectivity index (χ4v) is 2.70. The summed E-state index contributed by atoms with van der Waals surface area (Å²) < 4.78 is 72.8. The maximum absolute atomic E-state index is 14.1. The maximum Gasteiger partial charge on any atom is 0.200 e. The van der Waals surface area contributed by atoms with E-state index in [0.29, 0.717) is 0 Å². The fourth-order valence-electron chi connectivity index (χ4n) is 2.38. The molecule has 2 aromatic carbocycles. The Morgan fingerprint density at radius 1 is 0.696 bits per heavy atom. The highest BCUT2D eigenvalue weighted by Gasteiger charge is 2.30. The molecule has 3 rings (SSSR count). The number of rotatable bonds is 1. The molecule has 0 aliphatic heterocycles. The molecule has 0 unspecified atom stereocenters. The van der Waals surface area contributed by atoms with Gasteiger partial charge in [0.2, 0.25) is 5.82 Å². The molecule has 0 amide bonds. The third-order valence-electron chi connectivity index (χ3n) is 3.58. The summed E-state index contributed by atoms with van der Waals surface area (Å²) in [7, 11) is 0. The number of aryl methyl sites for hydroxylation is 2. The largest absolute Gasteiger partial charge is 0.243 e. The molecule has 9 heteroatoms. The fraction of sp³-hybridized carbons (Fsp3) is 0.143. The van der Waals surface area contributed by atoms with Gasteiger partial charge in [-0.15, -0.1) is 0 Å². The number of halogens is 6. The Morgan fingerprint density at radius 2 is 1.13 bits per heavy atom. The molecule has 0 saturated carbocycles. The van der Waals surface area contributed by atoms with Crippen LogP contribution in [-0.2, 0) is 0 Å². The number of hydrogen-bond acceptors (Lipinski definition) is 3. The summed E-state index contributed by atoms with van der Waals surface area (Å²) in [6.07, 6.45) is 0.